The van der Waals surface area contributed by atoms with Crippen molar-refractivity contribution in [3.63, 3.8) is 0 Å². The molecular formula is C22H24F6N2O3. The summed E-state index contributed by atoms with van der Waals surface area (Å²) < 4.78 is 86.4. The number of hydrogen-bond acceptors (Lipinski definition) is 4. The number of pyridine rings is 1. The number of carbonyl (C=O) groups excluding carboxylic acids is 1. The van der Waals surface area contributed by atoms with Gasteiger partial charge in [0.1, 0.15) is 17.4 Å². The maximum Gasteiger partial charge on any atom is 0.433 e. The number of para-hydroxylation sites is 1. The number of aromatic nitrogens is 1. The van der Waals surface area contributed by atoms with Crippen molar-refractivity contribution in [1.29, 1.82) is 0 Å². The number of benzene rings is 1. The highest BCUT2D eigenvalue weighted by Crippen LogP contribution is 2.41. The highest BCUT2D eigenvalue weighted by Gasteiger charge is 2.40. The van der Waals surface area contributed by atoms with Crippen molar-refractivity contribution >= 4 is 17.0 Å². The third kappa shape index (κ3) is 5.51. The molecule has 0 aliphatic carbocycles. The van der Waals surface area contributed by atoms with E-state index in [-0.39, 0.29) is 23.9 Å². The first-order valence-corrected chi connectivity index (χ1v) is 10.4. The van der Waals surface area contributed by atoms with E-state index in [1.54, 1.807) is 20.8 Å². The molecule has 0 radical (unpaired) electrons. The van der Waals surface area contributed by atoms with Crippen LogP contribution < -0.4 is 0 Å². The van der Waals surface area contributed by atoms with E-state index < -0.39 is 53.0 Å². The predicted molar refractivity (Wildman–Crippen MR) is 107 cm³/mol. The van der Waals surface area contributed by atoms with Gasteiger partial charge in [-0.2, -0.15) is 26.3 Å². The van der Waals surface area contributed by atoms with Gasteiger partial charge in [0.05, 0.1) is 17.1 Å². The quantitative estimate of drug-likeness (QED) is 0.531. The molecule has 182 valence electrons. The zero-order valence-corrected chi connectivity index (χ0v) is 18.2. The second kappa shape index (κ2) is 8.66. The second-order valence-corrected chi connectivity index (χ2v) is 8.98. The van der Waals surface area contributed by atoms with Crippen LogP contribution >= 0.6 is 0 Å². The Kier molecular flexibility index (Phi) is 6.58. The van der Waals surface area contributed by atoms with Crippen molar-refractivity contribution in [3.05, 3.63) is 41.1 Å². The number of likely N-dealkylation sites (tertiary alicyclic amines) is 1. The number of fused-ring (bicyclic) bond motifs is 1. The van der Waals surface area contributed by atoms with E-state index in [2.05, 4.69) is 4.98 Å². The summed E-state index contributed by atoms with van der Waals surface area (Å²) in [5.74, 6) is 0. The van der Waals surface area contributed by atoms with Gasteiger partial charge in [0.2, 0.25) is 0 Å². The number of hydrogen-bond donors (Lipinski definition) is 1. The summed E-state index contributed by atoms with van der Waals surface area (Å²) in [4.78, 5) is 17.2. The predicted octanol–water partition coefficient (Wildman–Crippen LogP) is 6.10. The van der Waals surface area contributed by atoms with Crippen molar-refractivity contribution in [1.82, 2.24) is 9.88 Å². The average molecular weight is 478 g/mol. The molecule has 1 aliphatic heterocycles. The van der Waals surface area contributed by atoms with Gasteiger partial charge >= 0.3 is 18.4 Å². The molecule has 1 fully saturated rings. The highest BCUT2D eigenvalue weighted by molar-refractivity contribution is 5.86. The van der Waals surface area contributed by atoms with E-state index in [1.807, 2.05) is 0 Å². The number of aliphatic hydroxyl groups excluding tert-OH is 1. The Morgan fingerprint density at radius 3 is 2.36 bits per heavy atom. The largest absolute Gasteiger partial charge is 0.444 e. The Morgan fingerprint density at radius 1 is 1.12 bits per heavy atom. The number of carbonyl (C=O) groups is 1. The number of nitrogens with zero attached hydrogens (tertiary/aromatic N) is 2. The van der Waals surface area contributed by atoms with Gasteiger partial charge in [-0.15, -0.1) is 0 Å². The molecule has 3 rings (SSSR count). The maximum absolute atomic E-state index is 13.5. The van der Waals surface area contributed by atoms with Crippen molar-refractivity contribution in [2.45, 2.75) is 70.1 Å². The minimum absolute atomic E-state index is 0.194. The summed E-state index contributed by atoms with van der Waals surface area (Å²) in [6.45, 7) is 5.13. The molecular weight excluding hydrogens is 454 g/mol. The van der Waals surface area contributed by atoms with Gasteiger partial charge in [-0.3, -0.25) is 0 Å². The van der Waals surface area contributed by atoms with Crippen LogP contribution in [0.2, 0.25) is 0 Å². The first kappa shape index (κ1) is 25.1. The molecule has 1 aromatic heterocycles. The SMILES string of the molecule is CC(C)(C)OC(=O)N1CCCC[C@@H]1[C@H](O)c1cc(C(F)(F)F)nc2c(C(F)(F)F)cccc12. The van der Waals surface area contributed by atoms with E-state index in [0.717, 1.165) is 6.07 Å². The molecule has 1 aromatic carbocycles. The summed E-state index contributed by atoms with van der Waals surface area (Å²) in [5.41, 5.74) is -5.03. The van der Waals surface area contributed by atoms with Crippen LogP contribution in [0.4, 0.5) is 31.1 Å². The number of rotatable bonds is 2. The summed E-state index contributed by atoms with van der Waals surface area (Å²) in [6, 6.07) is 2.43. The zero-order valence-electron chi connectivity index (χ0n) is 18.2. The van der Waals surface area contributed by atoms with Crippen LogP contribution in [-0.2, 0) is 17.1 Å². The Balaban J connectivity index is 2.15. The molecule has 2 aromatic rings. The first-order valence-electron chi connectivity index (χ1n) is 10.4. The van der Waals surface area contributed by atoms with Crippen LogP contribution in [0.15, 0.2) is 24.3 Å². The molecule has 11 heteroatoms. The van der Waals surface area contributed by atoms with Crippen LogP contribution in [0.1, 0.15) is 63.0 Å². The number of ether oxygens (including phenoxy) is 1. The third-order valence-corrected chi connectivity index (χ3v) is 5.33. The molecule has 33 heavy (non-hydrogen) atoms. The molecule has 0 spiro atoms. The Morgan fingerprint density at radius 2 is 1.79 bits per heavy atom. The number of piperidine rings is 1. The summed E-state index contributed by atoms with van der Waals surface area (Å²) in [6.07, 6.45) is -11.0. The lowest BCUT2D eigenvalue weighted by molar-refractivity contribution is -0.142. The van der Waals surface area contributed by atoms with Crippen LogP contribution in [-0.4, -0.2) is 39.3 Å². The van der Waals surface area contributed by atoms with Crippen molar-refractivity contribution < 1.29 is 41.0 Å². The van der Waals surface area contributed by atoms with Crippen LogP contribution in [0.25, 0.3) is 10.9 Å². The minimum Gasteiger partial charge on any atom is -0.444 e. The van der Waals surface area contributed by atoms with Gasteiger partial charge in [0.15, 0.2) is 0 Å². The number of alkyl halides is 6. The fourth-order valence-corrected chi connectivity index (χ4v) is 3.93. The Hall–Kier alpha value is -2.56. The smallest absolute Gasteiger partial charge is 0.433 e. The van der Waals surface area contributed by atoms with E-state index >= 15 is 0 Å². The van der Waals surface area contributed by atoms with Gasteiger partial charge in [0.25, 0.3) is 0 Å². The lowest BCUT2D eigenvalue weighted by atomic mass is 9.90. The normalized spacial score (nSPS) is 19.0. The summed E-state index contributed by atoms with van der Waals surface area (Å²) in [5, 5.41) is 10.9. The topological polar surface area (TPSA) is 62.7 Å². The third-order valence-electron chi connectivity index (χ3n) is 5.33. The van der Waals surface area contributed by atoms with Crippen molar-refractivity contribution in [3.8, 4) is 0 Å². The Labute approximate surface area is 186 Å². The molecule has 0 bridgehead atoms. The fraction of sp³-hybridized carbons (Fsp3) is 0.545. The van der Waals surface area contributed by atoms with E-state index in [1.165, 1.54) is 11.0 Å². The average Bonchev–Trinajstić information content (AvgIpc) is 2.69. The van der Waals surface area contributed by atoms with E-state index in [4.69, 9.17) is 4.74 Å². The Bertz CT molecular complexity index is 1030. The maximum atomic E-state index is 13.5. The standard InChI is InChI=1S/C22H24F6N2O3/c1-20(2,3)33-19(32)30-10-5-4-9-15(30)18(31)13-11-16(22(26,27)28)29-17-12(13)7-6-8-14(17)21(23,24)25/h6-8,11,15,18,31H,4-5,9-10H2,1-3H3/t15-,18-/m1/s1. The molecule has 1 N–H and O–H groups in total. The monoisotopic (exact) mass is 478 g/mol. The lowest BCUT2D eigenvalue weighted by Gasteiger charge is -2.39. The van der Waals surface area contributed by atoms with Gasteiger partial charge in [-0.1, -0.05) is 12.1 Å². The van der Waals surface area contributed by atoms with Gasteiger partial charge < -0.3 is 14.7 Å². The van der Waals surface area contributed by atoms with Gasteiger partial charge in [-0.05, 0) is 57.7 Å². The van der Waals surface area contributed by atoms with Gasteiger partial charge in [0, 0.05) is 11.9 Å². The molecule has 1 amide bonds. The van der Waals surface area contributed by atoms with Crippen LogP contribution in [0.5, 0.6) is 0 Å². The molecule has 1 aliphatic rings. The molecule has 1 saturated heterocycles. The second-order valence-electron chi connectivity index (χ2n) is 8.98. The lowest BCUT2D eigenvalue weighted by Crippen LogP contribution is -2.48. The van der Waals surface area contributed by atoms with Crippen molar-refractivity contribution in [2.24, 2.45) is 0 Å². The molecule has 2 heterocycles. The van der Waals surface area contributed by atoms with Crippen LogP contribution in [0, 0.1) is 0 Å². The van der Waals surface area contributed by atoms with E-state index in [0.29, 0.717) is 25.0 Å². The number of amides is 1. The molecule has 2 atom stereocenters. The van der Waals surface area contributed by atoms with Gasteiger partial charge in [-0.25, -0.2) is 9.78 Å². The minimum atomic E-state index is -5.04. The summed E-state index contributed by atoms with van der Waals surface area (Å²) >= 11 is 0. The number of aliphatic hydroxyl groups is 1. The molecule has 5 nitrogen and oxygen atoms in total. The highest BCUT2D eigenvalue weighted by atomic mass is 19.4. The van der Waals surface area contributed by atoms with Crippen LogP contribution in [0.3, 0.4) is 0 Å². The zero-order chi connectivity index (χ0) is 24.8. The first-order chi connectivity index (χ1) is 15.1. The van der Waals surface area contributed by atoms with Crippen molar-refractivity contribution in [2.75, 3.05) is 6.54 Å². The fourth-order valence-electron chi connectivity index (χ4n) is 3.93. The molecule has 0 unspecified atom stereocenters. The molecule has 0 saturated carbocycles. The number of halogens is 6. The summed E-state index contributed by atoms with van der Waals surface area (Å²) in [7, 11) is 0. The van der Waals surface area contributed by atoms with E-state index in [9.17, 15) is 36.2 Å².